The normalized spacial score (nSPS) is 10.5. The van der Waals surface area contributed by atoms with E-state index < -0.39 is 5.97 Å². The largest absolute Gasteiger partial charge is 0.454 e. The highest BCUT2D eigenvalue weighted by molar-refractivity contribution is 5.92. The van der Waals surface area contributed by atoms with Gasteiger partial charge in [0, 0.05) is 20.3 Å². The van der Waals surface area contributed by atoms with Gasteiger partial charge in [0.1, 0.15) is 18.2 Å². The van der Waals surface area contributed by atoms with Crippen LogP contribution in [0.5, 0.6) is 0 Å². The molecule has 0 radical (unpaired) electrons. The minimum Gasteiger partial charge on any atom is -0.454 e. The van der Waals surface area contributed by atoms with Crippen molar-refractivity contribution in [2.45, 2.75) is 6.61 Å². The molecule has 11 heteroatoms. The van der Waals surface area contributed by atoms with Crippen molar-refractivity contribution in [1.82, 2.24) is 34.7 Å². The van der Waals surface area contributed by atoms with E-state index in [1.807, 2.05) is 0 Å². The second-order valence-electron chi connectivity index (χ2n) is 5.10. The smallest absolute Gasteiger partial charge is 0.342 e. The van der Waals surface area contributed by atoms with Crippen LogP contribution in [0.3, 0.4) is 0 Å². The first kappa shape index (κ1) is 16.2. The summed E-state index contributed by atoms with van der Waals surface area (Å²) < 4.78 is 6.65. The van der Waals surface area contributed by atoms with E-state index >= 15 is 0 Å². The number of anilines is 2. The van der Waals surface area contributed by atoms with Crippen LogP contribution in [-0.2, 0) is 11.3 Å². The first-order valence-electron chi connectivity index (χ1n) is 7.19. The molecule has 3 aromatic heterocycles. The first-order valence-corrected chi connectivity index (χ1v) is 7.19. The zero-order valence-electron chi connectivity index (χ0n) is 13.6. The van der Waals surface area contributed by atoms with Gasteiger partial charge in [0.05, 0.1) is 0 Å². The third-order valence-electron chi connectivity index (χ3n) is 3.06. The number of nitrogens with zero attached hydrogens (tertiary/aromatic N) is 8. The maximum absolute atomic E-state index is 12.4. The molecule has 3 rings (SSSR count). The zero-order valence-corrected chi connectivity index (χ0v) is 13.6. The van der Waals surface area contributed by atoms with Crippen LogP contribution in [0.1, 0.15) is 16.2 Å². The second-order valence-corrected chi connectivity index (χ2v) is 5.10. The molecule has 0 aliphatic rings. The lowest BCUT2D eigenvalue weighted by Gasteiger charge is -2.12. The van der Waals surface area contributed by atoms with Gasteiger partial charge in [0.15, 0.2) is 18.2 Å². The maximum atomic E-state index is 12.4. The fourth-order valence-corrected chi connectivity index (χ4v) is 1.95. The SMILES string of the molecule is CN(C)c1nc(N)nc(COC(=O)c2cccnc2-n2cncn2)n1. The minimum atomic E-state index is -0.594. The van der Waals surface area contributed by atoms with Crippen LogP contribution < -0.4 is 10.6 Å². The highest BCUT2D eigenvalue weighted by Gasteiger charge is 2.17. The van der Waals surface area contributed by atoms with E-state index in [0.29, 0.717) is 11.8 Å². The summed E-state index contributed by atoms with van der Waals surface area (Å²) in [6.07, 6.45) is 4.33. The predicted octanol–water partition coefficient (Wildman–Crippen LogP) is -0.148. The number of pyridine rings is 1. The first-order chi connectivity index (χ1) is 12.0. The molecule has 3 heterocycles. The van der Waals surface area contributed by atoms with Gasteiger partial charge < -0.3 is 15.4 Å². The molecule has 3 aromatic rings. The Labute approximate surface area is 142 Å². The Balaban J connectivity index is 1.78. The summed E-state index contributed by atoms with van der Waals surface area (Å²) in [6, 6.07) is 3.21. The van der Waals surface area contributed by atoms with Crippen molar-refractivity contribution in [3.8, 4) is 5.82 Å². The van der Waals surface area contributed by atoms with Crippen LogP contribution in [0.15, 0.2) is 31.0 Å². The molecule has 0 atom stereocenters. The van der Waals surface area contributed by atoms with Gasteiger partial charge in [0.2, 0.25) is 11.9 Å². The Morgan fingerprint density at radius 2 is 2.16 bits per heavy atom. The summed E-state index contributed by atoms with van der Waals surface area (Å²) in [5.41, 5.74) is 5.88. The fraction of sp³-hybridized carbons (Fsp3) is 0.214. The number of ether oxygens (including phenoxy) is 1. The van der Waals surface area contributed by atoms with E-state index in [-0.39, 0.29) is 23.9 Å². The van der Waals surface area contributed by atoms with Gasteiger partial charge in [-0.25, -0.2) is 19.4 Å². The number of esters is 1. The molecule has 128 valence electrons. The van der Waals surface area contributed by atoms with Crippen molar-refractivity contribution in [1.29, 1.82) is 0 Å². The number of aromatic nitrogens is 7. The molecule has 0 fully saturated rings. The van der Waals surface area contributed by atoms with Crippen molar-refractivity contribution >= 4 is 17.9 Å². The van der Waals surface area contributed by atoms with Crippen molar-refractivity contribution in [3.63, 3.8) is 0 Å². The van der Waals surface area contributed by atoms with Crippen molar-refractivity contribution in [3.05, 3.63) is 42.4 Å². The number of rotatable bonds is 5. The molecule has 2 N–H and O–H groups in total. The molecule has 0 aliphatic carbocycles. The van der Waals surface area contributed by atoms with Gasteiger partial charge in [-0.15, -0.1) is 0 Å². The average Bonchev–Trinajstić information content (AvgIpc) is 3.13. The number of hydrogen-bond acceptors (Lipinski definition) is 10. The molecule has 25 heavy (non-hydrogen) atoms. The van der Waals surface area contributed by atoms with E-state index in [9.17, 15) is 4.79 Å². The number of hydrogen-bond donors (Lipinski definition) is 1. The van der Waals surface area contributed by atoms with Gasteiger partial charge >= 0.3 is 5.97 Å². The van der Waals surface area contributed by atoms with Crippen molar-refractivity contribution < 1.29 is 9.53 Å². The Bertz CT molecular complexity index is 880. The molecule has 0 bridgehead atoms. The van der Waals surface area contributed by atoms with Gasteiger partial charge in [-0.05, 0) is 12.1 Å². The van der Waals surface area contributed by atoms with Crippen LogP contribution in [0.4, 0.5) is 11.9 Å². The van der Waals surface area contributed by atoms with E-state index in [1.165, 1.54) is 17.3 Å². The summed E-state index contributed by atoms with van der Waals surface area (Å²) in [7, 11) is 3.54. The quantitative estimate of drug-likeness (QED) is 0.623. The summed E-state index contributed by atoms with van der Waals surface area (Å²) in [5, 5.41) is 3.97. The molecular formula is C14H15N9O2. The molecule has 0 saturated heterocycles. The van der Waals surface area contributed by atoms with Crippen LogP contribution >= 0.6 is 0 Å². The summed E-state index contributed by atoms with van der Waals surface area (Å²) in [4.78, 5) is 34.2. The number of nitrogen functional groups attached to an aromatic ring is 1. The van der Waals surface area contributed by atoms with Gasteiger partial charge in [-0.3, -0.25) is 0 Å². The molecule has 0 saturated carbocycles. The topological polar surface area (TPSA) is 138 Å². The number of nitrogens with two attached hydrogens (primary N) is 1. The van der Waals surface area contributed by atoms with Crippen LogP contribution in [-0.4, -0.2) is 54.8 Å². The Kier molecular flexibility index (Phi) is 4.46. The van der Waals surface area contributed by atoms with E-state index in [4.69, 9.17) is 10.5 Å². The molecule has 0 spiro atoms. The predicted molar refractivity (Wildman–Crippen MR) is 86.8 cm³/mol. The molecule has 11 nitrogen and oxygen atoms in total. The average molecular weight is 341 g/mol. The van der Waals surface area contributed by atoms with Crippen LogP contribution in [0, 0.1) is 0 Å². The molecular weight excluding hydrogens is 326 g/mol. The summed E-state index contributed by atoms with van der Waals surface area (Å²) >= 11 is 0. The maximum Gasteiger partial charge on any atom is 0.342 e. The second kappa shape index (κ2) is 6.86. The third-order valence-corrected chi connectivity index (χ3v) is 3.06. The lowest BCUT2D eigenvalue weighted by Crippen LogP contribution is -2.17. The molecule has 0 unspecified atom stereocenters. The monoisotopic (exact) mass is 341 g/mol. The fourth-order valence-electron chi connectivity index (χ4n) is 1.95. The Morgan fingerprint density at radius 3 is 2.88 bits per heavy atom. The minimum absolute atomic E-state index is 0.0504. The highest BCUT2D eigenvalue weighted by atomic mass is 16.5. The Hall–Kier alpha value is -3.63. The third kappa shape index (κ3) is 3.65. The van der Waals surface area contributed by atoms with Gasteiger partial charge in [0.25, 0.3) is 0 Å². The van der Waals surface area contributed by atoms with E-state index in [2.05, 4.69) is 30.0 Å². The van der Waals surface area contributed by atoms with Gasteiger partial charge in [-0.1, -0.05) is 0 Å². The molecule has 0 amide bonds. The van der Waals surface area contributed by atoms with Gasteiger partial charge in [-0.2, -0.15) is 20.1 Å². The lowest BCUT2D eigenvalue weighted by atomic mass is 10.2. The van der Waals surface area contributed by atoms with Crippen molar-refractivity contribution in [2.24, 2.45) is 0 Å². The van der Waals surface area contributed by atoms with Crippen LogP contribution in [0.2, 0.25) is 0 Å². The number of carbonyl (C=O) groups is 1. The zero-order chi connectivity index (χ0) is 17.8. The van der Waals surface area contributed by atoms with E-state index in [0.717, 1.165) is 0 Å². The van der Waals surface area contributed by atoms with Crippen LogP contribution in [0.25, 0.3) is 5.82 Å². The summed E-state index contributed by atoms with van der Waals surface area (Å²) in [6.45, 7) is -0.155. The molecule has 0 aliphatic heterocycles. The van der Waals surface area contributed by atoms with E-state index in [1.54, 1.807) is 37.3 Å². The highest BCUT2D eigenvalue weighted by Crippen LogP contribution is 2.13. The van der Waals surface area contributed by atoms with Crippen molar-refractivity contribution in [2.75, 3.05) is 24.7 Å². The number of carbonyl (C=O) groups excluding carboxylic acids is 1. The lowest BCUT2D eigenvalue weighted by molar-refractivity contribution is 0.0461. The molecule has 0 aromatic carbocycles. The standard InChI is InChI=1S/C14H15N9O2/c1-22(2)14-20-10(19-13(15)21-14)6-25-12(24)9-4-3-5-17-11(9)23-8-16-7-18-23/h3-5,7-8H,6H2,1-2H3,(H2,15,19,20,21). The Morgan fingerprint density at radius 1 is 1.32 bits per heavy atom. The summed E-state index contributed by atoms with van der Waals surface area (Å²) in [5.74, 6) is 0.395.